The first-order chi connectivity index (χ1) is 9.65. The fourth-order valence-electron chi connectivity index (χ4n) is 1.94. The second-order valence-corrected chi connectivity index (χ2v) is 5.02. The molecular weight excluding hydrogens is 276 g/mol. The highest BCUT2D eigenvalue weighted by Crippen LogP contribution is 2.11. The summed E-state index contributed by atoms with van der Waals surface area (Å²) in [6, 6.07) is 14.5. The summed E-state index contributed by atoms with van der Waals surface area (Å²) in [6.07, 6.45) is 0.976. The molecule has 2 rings (SSSR count). The fourth-order valence-corrected chi connectivity index (χ4v) is 2.07. The highest BCUT2D eigenvalue weighted by atomic mass is 35.5. The van der Waals surface area contributed by atoms with Crippen molar-refractivity contribution in [3.8, 4) is 0 Å². The predicted octanol–water partition coefficient (Wildman–Crippen LogP) is 2.55. The first-order valence-electron chi connectivity index (χ1n) is 6.44. The number of hydrogen-bond donors (Lipinski definition) is 1. The van der Waals surface area contributed by atoms with E-state index in [1.807, 2.05) is 24.3 Å². The first kappa shape index (κ1) is 14.5. The molecule has 0 aromatic heterocycles. The molecule has 0 saturated heterocycles. The second kappa shape index (κ2) is 7.03. The molecule has 2 aromatic carbocycles. The van der Waals surface area contributed by atoms with E-state index >= 15 is 0 Å². The minimum absolute atomic E-state index is 0.134. The van der Waals surface area contributed by atoms with Gasteiger partial charge in [-0.3, -0.25) is 10.1 Å². The van der Waals surface area contributed by atoms with Crippen LogP contribution < -0.4 is 5.32 Å². The Hall–Kier alpha value is -1.91. The average molecular weight is 292 g/mol. The molecule has 0 aliphatic carbocycles. The molecule has 0 radical (unpaired) electrons. The van der Waals surface area contributed by atoms with Crippen LogP contribution in [0.25, 0.3) is 0 Å². The van der Waals surface area contributed by atoms with Gasteiger partial charge in [0, 0.05) is 29.1 Å². The summed E-state index contributed by atoms with van der Waals surface area (Å²) in [5.41, 5.74) is 2.48. The van der Waals surface area contributed by atoms with Gasteiger partial charge in [-0.05, 0) is 29.8 Å². The van der Waals surface area contributed by atoms with Crippen molar-refractivity contribution in [3.63, 3.8) is 0 Å². The maximum Gasteiger partial charge on any atom is 0.269 e. The number of hydrogen-bond acceptors (Lipinski definition) is 2. The summed E-state index contributed by atoms with van der Waals surface area (Å²) in [5, 5.41) is 13.5. The van der Waals surface area contributed by atoms with Crippen LogP contribution in [0.2, 0.25) is 5.02 Å². The number of non-ortho nitro benzene ring substituents is 1. The number of nitro groups is 1. The van der Waals surface area contributed by atoms with Crippen LogP contribution in [-0.2, 0) is 13.0 Å². The van der Waals surface area contributed by atoms with Gasteiger partial charge in [-0.1, -0.05) is 23.7 Å². The van der Waals surface area contributed by atoms with Gasteiger partial charge in [-0.25, -0.2) is 0 Å². The molecule has 0 spiro atoms. The van der Waals surface area contributed by atoms with Crippen LogP contribution in [0.1, 0.15) is 11.1 Å². The van der Waals surface area contributed by atoms with Crippen LogP contribution in [0.3, 0.4) is 0 Å². The van der Waals surface area contributed by atoms with Gasteiger partial charge < -0.3 is 5.32 Å². The zero-order chi connectivity index (χ0) is 14.4. The van der Waals surface area contributed by atoms with E-state index in [1.165, 1.54) is 5.56 Å². The fraction of sp³-hybridized carbons (Fsp3) is 0.200. The smallest absolute Gasteiger partial charge is 0.269 e. The van der Waals surface area contributed by atoms with Crippen molar-refractivity contribution < 1.29 is 10.2 Å². The molecule has 5 heteroatoms. The largest absolute Gasteiger partial charge is 0.342 e. The third-order valence-corrected chi connectivity index (χ3v) is 3.33. The van der Waals surface area contributed by atoms with Gasteiger partial charge in [-0.2, -0.15) is 0 Å². The van der Waals surface area contributed by atoms with Crippen LogP contribution in [0, 0.1) is 10.1 Å². The summed E-state index contributed by atoms with van der Waals surface area (Å²) in [7, 11) is 0. The quantitative estimate of drug-likeness (QED) is 0.505. The van der Waals surface area contributed by atoms with Crippen molar-refractivity contribution in [2.45, 2.75) is 13.0 Å². The van der Waals surface area contributed by atoms with E-state index in [-0.39, 0.29) is 10.6 Å². The SMILES string of the molecule is O=[N+]([O-])c1ccc(C[NH2+]CCc2ccc(Cl)cc2)cc1. The molecular formula is C15H16ClN2O2+. The van der Waals surface area contributed by atoms with Crippen molar-refractivity contribution in [2.24, 2.45) is 0 Å². The Balaban J connectivity index is 1.75. The van der Waals surface area contributed by atoms with E-state index in [9.17, 15) is 10.1 Å². The molecule has 0 atom stereocenters. The first-order valence-corrected chi connectivity index (χ1v) is 6.82. The monoisotopic (exact) mass is 291 g/mol. The van der Waals surface area contributed by atoms with Gasteiger partial charge in [-0.15, -0.1) is 0 Å². The molecule has 0 fully saturated rings. The van der Waals surface area contributed by atoms with E-state index in [1.54, 1.807) is 24.3 Å². The Kier molecular flexibility index (Phi) is 5.09. The van der Waals surface area contributed by atoms with Crippen LogP contribution >= 0.6 is 11.6 Å². The predicted molar refractivity (Wildman–Crippen MR) is 78.7 cm³/mol. The molecule has 0 saturated carbocycles. The third kappa shape index (κ3) is 4.33. The Morgan fingerprint density at radius 3 is 2.20 bits per heavy atom. The third-order valence-electron chi connectivity index (χ3n) is 3.08. The molecule has 0 amide bonds. The zero-order valence-electron chi connectivity index (χ0n) is 11.0. The topological polar surface area (TPSA) is 59.8 Å². The van der Waals surface area contributed by atoms with E-state index in [2.05, 4.69) is 5.32 Å². The van der Waals surface area contributed by atoms with Crippen LogP contribution in [0.4, 0.5) is 5.69 Å². The number of nitro benzene ring substituents is 1. The minimum atomic E-state index is -0.381. The zero-order valence-corrected chi connectivity index (χ0v) is 11.7. The maximum absolute atomic E-state index is 10.5. The standard InChI is InChI=1S/C15H15ClN2O2/c16-14-5-1-12(2-6-14)9-10-17-11-13-3-7-15(8-4-13)18(19)20/h1-8,17H,9-11H2/p+1. The van der Waals surface area contributed by atoms with Gasteiger partial charge in [0.25, 0.3) is 5.69 Å². The molecule has 4 nitrogen and oxygen atoms in total. The lowest BCUT2D eigenvalue weighted by Gasteiger charge is -2.03. The molecule has 0 bridgehead atoms. The molecule has 0 heterocycles. The van der Waals surface area contributed by atoms with Crippen LogP contribution in [0.15, 0.2) is 48.5 Å². The average Bonchev–Trinajstić information content (AvgIpc) is 2.46. The summed E-state index contributed by atoms with van der Waals surface area (Å²) in [5.74, 6) is 0. The lowest BCUT2D eigenvalue weighted by Crippen LogP contribution is -2.83. The number of quaternary nitrogens is 1. The van der Waals surface area contributed by atoms with Crippen molar-refractivity contribution in [2.75, 3.05) is 6.54 Å². The van der Waals surface area contributed by atoms with Crippen molar-refractivity contribution >= 4 is 17.3 Å². The summed E-state index contributed by atoms with van der Waals surface area (Å²) in [6.45, 7) is 1.80. The van der Waals surface area contributed by atoms with Crippen molar-refractivity contribution in [3.05, 3.63) is 74.8 Å². The molecule has 20 heavy (non-hydrogen) atoms. The highest BCUT2D eigenvalue weighted by molar-refractivity contribution is 6.30. The van der Waals surface area contributed by atoms with Crippen molar-refractivity contribution in [1.29, 1.82) is 0 Å². The number of rotatable bonds is 6. The Labute approximate surface area is 122 Å². The van der Waals surface area contributed by atoms with Gasteiger partial charge >= 0.3 is 0 Å². The molecule has 0 aliphatic heterocycles. The molecule has 104 valence electrons. The molecule has 2 N–H and O–H groups in total. The molecule has 0 aliphatic rings. The van der Waals surface area contributed by atoms with Gasteiger partial charge in [0.05, 0.1) is 11.5 Å². The highest BCUT2D eigenvalue weighted by Gasteiger charge is 2.04. The van der Waals surface area contributed by atoms with Crippen LogP contribution in [-0.4, -0.2) is 11.5 Å². The van der Waals surface area contributed by atoms with Gasteiger partial charge in [0.15, 0.2) is 0 Å². The number of benzene rings is 2. The van der Waals surface area contributed by atoms with E-state index < -0.39 is 0 Å². The number of halogens is 1. The summed E-state index contributed by atoms with van der Waals surface area (Å²) >= 11 is 5.83. The van der Waals surface area contributed by atoms with E-state index in [0.717, 1.165) is 30.1 Å². The van der Waals surface area contributed by atoms with Crippen LogP contribution in [0.5, 0.6) is 0 Å². The number of nitrogens with two attached hydrogens (primary N) is 1. The van der Waals surface area contributed by atoms with E-state index in [4.69, 9.17) is 11.6 Å². The summed E-state index contributed by atoms with van der Waals surface area (Å²) in [4.78, 5) is 10.2. The number of nitrogens with zero attached hydrogens (tertiary/aromatic N) is 1. The Bertz CT molecular complexity index is 567. The molecule has 2 aromatic rings. The molecule has 0 unspecified atom stereocenters. The normalized spacial score (nSPS) is 10.4. The van der Waals surface area contributed by atoms with E-state index in [0.29, 0.717) is 0 Å². The van der Waals surface area contributed by atoms with Gasteiger partial charge in [0.1, 0.15) is 6.54 Å². The minimum Gasteiger partial charge on any atom is -0.342 e. The summed E-state index contributed by atoms with van der Waals surface area (Å²) < 4.78 is 0. The van der Waals surface area contributed by atoms with Gasteiger partial charge in [0.2, 0.25) is 0 Å². The lowest BCUT2D eigenvalue weighted by molar-refractivity contribution is -0.670. The lowest BCUT2D eigenvalue weighted by atomic mass is 10.1. The Morgan fingerprint density at radius 1 is 1.00 bits per heavy atom. The maximum atomic E-state index is 10.5. The second-order valence-electron chi connectivity index (χ2n) is 4.58. The Morgan fingerprint density at radius 2 is 1.60 bits per heavy atom. The van der Waals surface area contributed by atoms with Crippen molar-refractivity contribution in [1.82, 2.24) is 0 Å².